The first-order valence-electron chi connectivity index (χ1n) is 5.30. The van der Waals surface area contributed by atoms with Crippen molar-refractivity contribution < 1.29 is 19.4 Å². The monoisotopic (exact) mass is 232 g/mol. The molecule has 94 valence electrons. The molecule has 6 heteroatoms. The number of carbonyl (C=O) groups excluding carboxylic acids is 1. The highest BCUT2D eigenvalue weighted by molar-refractivity contribution is 5.82. The van der Waals surface area contributed by atoms with Crippen LogP contribution in [0.2, 0.25) is 0 Å². The maximum atomic E-state index is 11.4. The van der Waals surface area contributed by atoms with Crippen LogP contribution in [0.5, 0.6) is 0 Å². The molecule has 0 saturated heterocycles. The molecular formula is C10H20N2O4. The number of rotatable bonds is 7. The second kappa shape index (κ2) is 7.92. The molecule has 0 aromatic carbocycles. The van der Waals surface area contributed by atoms with Crippen LogP contribution in [-0.2, 0) is 9.53 Å². The summed E-state index contributed by atoms with van der Waals surface area (Å²) in [5.41, 5.74) is 0. The minimum atomic E-state index is -1.02. The summed E-state index contributed by atoms with van der Waals surface area (Å²) in [6.45, 7) is 4.03. The van der Waals surface area contributed by atoms with E-state index in [1.54, 1.807) is 6.92 Å². The largest absolute Gasteiger partial charge is 0.480 e. The van der Waals surface area contributed by atoms with Gasteiger partial charge in [-0.3, -0.25) is 0 Å². The van der Waals surface area contributed by atoms with Gasteiger partial charge in [0.25, 0.3) is 0 Å². The van der Waals surface area contributed by atoms with Crippen molar-refractivity contribution in [3.8, 4) is 0 Å². The zero-order valence-corrected chi connectivity index (χ0v) is 9.95. The number of carboxylic acid groups (broad SMARTS) is 1. The Bertz CT molecular complexity index is 233. The third kappa shape index (κ3) is 6.23. The molecule has 0 aromatic heterocycles. The fraction of sp³-hybridized carbons (Fsp3) is 0.800. The summed E-state index contributed by atoms with van der Waals surface area (Å²) >= 11 is 0. The van der Waals surface area contributed by atoms with E-state index < -0.39 is 18.0 Å². The Kier molecular flexibility index (Phi) is 7.28. The summed E-state index contributed by atoms with van der Waals surface area (Å²) < 4.78 is 4.85. The minimum Gasteiger partial charge on any atom is -0.480 e. The molecule has 16 heavy (non-hydrogen) atoms. The second-order valence-corrected chi connectivity index (χ2v) is 3.65. The molecule has 0 rings (SSSR count). The van der Waals surface area contributed by atoms with E-state index in [4.69, 9.17) is 9.84 Å². The van der Waals surface area contributed by atoms with Gasteiger partial charge in [-0.2, -0.15) is 0 Å². The molecule has 0 aliphatic rings. The normalized spacial score (nSPS) is 13.9. The Morgan fingerprint density at radius 3 is 2.44 bits per heavy atom. The Morgan fingerprint density at radius 1 is 1.38 bits per heavy atom. The number of amides is 2. The van der Waals surface area contributed by atoms with Crippen LogP contribution in [-0.4, -0.2) is 42.9 Å². The van der Waals surface area contributed by atoms with Crippen molar-refractivity contribution >= 4 is 12.0 Å². The van der Waals surface area contributed by atoms with Crippen LogP contribution in [0.25, 0.3) is 0 Å². The van der Waals surface area contributed by atoms with Crippen molar-refractivity contribution in [2.45, 2.75) is 38.8 Å². The van der Waals surface area contributed by atoms with Gasteiger partial charge in [0.15, 0.2) is 0 Å². The third-order valence-electron chi connectivity index (χ3n) is 1.97. The third-order valence-corrected chi connectivity index (χ3v) is 1.97. The molecule has 0 radical (unpaired) electrons. The molecule has 2 amide bonds. The maximum absolute atomic E-state index is 11.4. The number of urea groups is 1. The summed E-state index contributed by atoms with van der Waals surface area (Å²) in [5.74, 6) is -1.02. The summed E-state index contributed by atoms with van der Waals surface area (Å²) in [6, 6.07) is -1.47. The SMILES string of the molecule is CCC[C@@H](NC(=O)NC(C)COC)C(=O)O. The van der Waals surface area contributed by atoms with Gasteiger partial charge in [-0.1, -0.05) is 13.3 Å². The Hall–Kier alpha value is -1.30. The standard InChI is InChI=1S/C10H20N2O4/c1-4-5-8(9(13)14)12-10(15)11-7(2)6-16-3/h7-8H,4-6H2,1-3H3,(H,13,14)(H2,11,12,15)/t7?,8-/m1/s1. The van der Waals surface area contributed by atoms with Gasteiger partial charge in [-0.15, -0.1) is 0 Å². The van der Waals surface area contributed by atoms with Crippen molar-refractivity contribution in [2.24, 2.45) is 0 Å². The molecule has 0 bridgehead atoms. The van der Waals surface area contributed by atoms with Crippen LogP contribution in [0.3, 0.4) is 0 Å². The lowest BCUT2D eigenvalue weighted by molar-refractivity contribution is -0.139. The highest BCUT2D eigenvalue weighted by Gasteiger charge is 2.19. The van der Waals surface area contributed by atoms with Crippen LogP contribution < -0.4 is 10.6 Å². The quantitative estimate of drug-likeness (QED) is 0.599. The average molecular weight is 232 g/mol. The van der Waals surface area contributed by atoms with Gasteiger partial charge >= 0.3 is 12.0 Å². The van der Waals surface area contributed by atoms with Gasteiger partial charge in [0.2, 0.25) is 0 Å². The molecular weight excluding hydrogens is 212 g/mol. The zero-order chi connectivity index (χ0) is 12.6. The predicted molar refractivity (Wildman–Crippen MR) is 59.3 cm³/mol. The smallest absolute Gasteiger partial charge is 0.326 e. The van der Waals surface area contributed by atoms with Crippen molar-refractivity contribution in [3.63, 3.8) is 0 Å². The minimum absolute atomic E-state index is 0.152. The second-order valence-electron chi connectivity index (χ2n) is 3.65. The summed E-state index contributed by atoms with van der Waals surface area (Å²) in [4.78, 5) is 22.1. The number of carbonyl (C=O) groups is 2. The number of ether oxygens (including phenoxy) is 1. The Balaban J connectivity index is 4.04. The van der Waals surface area contributed by atoms with Gasteiger partial charge in [-0.05, 0) is 13.3 Å². The van der Waals surface area contributed by atoms with Gasteiger partial charge in [0.1, 0.15) is 6.04 Å². The number of methoxy groups -OCH3 is 1. The van der Waals surface area contributed by atoms with Crippen LogP contribution >= 0.6 is 0 Å². The fourth-order valence-corrected chi connectivity index (χ4v) is 1.26. The fourth-order valence-electron chi connectivity index (χ4n) is 1.26. The number of nitrogens with one attached hydrogen (secondary N) is 2. The Morgan fingerprint density at radius 2 is 2.00 bits per heavy atom. The molecule has 0 fully saturated rings. The molecule has 0 heterocycles. The number of aliphatic carboxylic acids is 1. The molecule has 2 atom stereocenters. The van der Waals surface area contributed by atoms with E-state index in [-0.39, 0.29) is 6.04 Å². The summed E-state index contributed by atoms with van der Waals surface area (Å²) in [6.07, 6.45) is 1.12. The highest BCUT2D eigenvalue weighted by atomic mass is 16.5. The first kappa shape index (κ1) is 14.7. The van der Waals surface area contributed by atoms with E-state index >= 15 is 0 Å². The number of hydrogen-bond acceptors (Lipinski definition) is 3. The molecule has 0 saturated carbocycles. The van der Waals surface area contributed by atoms with Crippen molar-refractivity contribution in [3.05, 3.63) is 0 Å². The van der Waals surface area contributed by atoms with Crippen LogP contribution in [0.1, 0.15) is 26.7 Å². The molecule has 0 aromatic rings. The van der Waals surface area contributed by atoms with Crippen molar-refractivity contribution in [1.82, 2.24) is 10.6 Å². The molecule has 1 unspecified atom stereocenters. The van der Waals surface area contributed by atoms with E-state index in [0.717, 1.165) is 0 Å². The maximum Gasteiger partial charge on any atom is 0.326 e. The van der Waals surface area contributed by atoms with Gasteiger partial charge < -0.3 is 20.5 Å². The highest BCUT2D eigenvalue weighted by Crippen LogP contribution is 1.96. The summed E-state index contributed by atoms with van der Waals surface area (Å²) in [7, 11) is 1.53. The lowest BCUT2D eigenvalue weighted by Crippen LogP contribution is -2.49. The Labute approximate surface area is 95.4 Å². The lowest BCUT2D eigenvalue weighted by Gasteiger charge is -2.17. The van der Waals surface area contributed by atoms with Crippen molar-refractivity contribution in [2.75, 3.05) is 13.7 Å². The van der Waals surface area contributed by atoms with E-state index in [2.05, 4.69) is 10.6 Å². The molecule has 0 aliphatic heterocycles. The van der Waals surface area contributed by atoms with E-state index in [1.807, 2.05) is 6.92 Å². The first-order valence-corrected chi connectivity index (χ1v) is 5.30. The average Bonchev–Trinajstić information content (AvgIpc) is 2.16. The van der Waals surface area contributed by atoms with Crippen molar-refractivity contribution in [1.29, 1.82) is 0 Å². The van der Waals surface area contributed by atoms with Crippen LogP contribution in [0, 0.1) is 0 Å². The molecule has 0 spiro atoms. The number of hydrogen-bond donors (Lipinski definition) is 3. The van der Waals surface area contributed by atoms with Crippen LogP contribution in [0.15, 0.2) is 0 Å². The first-order chi connectivity index (χ1) is 7.51. The zero-order valence-electron chi connectivity index (χ0n) is 9.95. The molecule has 3 N–H and O–H groups in total. The van der Waals surface area contributed by atoms with E-state index in [0.29, 0.717) is 19.4 Å². The lowest BCUT2D eigenvalue weighted by atomic mass is 10.2. The van der Waals surface area contributed by atoms with E-state index in [1.165, 1.54) is 7.11 Å². The number of carboxylic acids is 1. The topological polar surface area (TPSA) is 87.7 Å². The molecule has 0 aliphatic carbocycles. The molecule has 6 nitrogen and oxygen atoms in total. The summed E-state index contributed by atoms with van der Waals surface area (Å²) in [5, 5.41) is 13.8. The predicted octanol–water partition coefficient (Wildman–Crippen LogP) is 0.574. The van der Waals surface area contributed by atoms with Gasteiger partial charge in [0, 0.05) is 7.11 Å². The van der Waals surface area contributed by atoms with Crippen LogP contribution in [0.4, 0.5) is 4.79 Å². The van der Waals surface area contributed by atoms with Gasteiger partial charge in [0.05, 0.1) is 12.6 Å². The van der Waals surface area contributed by atoms with E-state index in [9.17, 15) is 9.59 Å². The van der Waals surface area contributed by atoms with Gasteiger partial charge in [-0.25, -0.2) is 9.59 Å².